The van der Waals surface area contributed by atoms with Crippen LogP contribution in [0, 0.1) is 25.2 Å². The minimum absolute atomic E-state index is 0.0279. The van der Waals surface area contributed by atoms with E-state index in [1.807, 2.05) is 6.07 Å². The molecular formula is C11H14N2O4S. The standard InChI is InChI=1S/C11H14N2O4S/c1-7-9(4-12)8(2)13-11(18(14)15)10(7)5-17-6-16-3/h5-6H2,1-3H3,(H,14,15). The van der Waals surface area contributed by atoms with E-state index in [1.54, 1.807) is 13.8 Å². The summed E-state index contributed by atoms with van der Waals surface area (Å²) in [6.45, 7) is 3.47. The summed E-state index contributed by atoms with van der Waals surface area (Å²) < 4.78 is 30.4. The second kappa shape index (κ2) is 6.56. The lowest BCUT2D eigenvalue weighted by Crippen LogP contribution is -2.09. The monoisotopic (exact) mass is 270 g/mol. The van der Waals surface area contributed by atoms with Crippen molar-refractivity contribution in [2.45, 2.75) is 25.5 Å². The lowest BCUT2D eigenvalue weighted by Gasteiger charge is -2.12. The van der Waals surface area contributed by atoms with Gasteiger partial charge in [0.05, 0.1) is 17.9 Å². The molecule has 0 aliphatic rings. The maximum Gasteiger partial charge on any atom is 0.206 e. The summed E-state index contributed by atoms with van der Waals surface area (Å²) in [5, 5.41) is 9.06. The minimum Gasteiger partial charge on any atom is -0.359 e. The number of hydrogen-bond acceptors (Lipinski definition) is 5. The molecule has 0 bridgehead atoms. The number of hydrogen-bond donors (Lipinski definition) is 1. The molecule has 1 aromatic rings. The van der Waals surface area contributed by atoms with Crippen LogP contribution in [-0.4, -0.2) is 27.6 Å². The predicted octanol–water partition coefficient (Wildman–Crippen LogP) is 1.27. The van der Waals surface area contributed by atoms with Crippen LogP contribution in [0.1, 0.15) is 22.4 Å². The largest absolute Gasteiger partial charge is 0.359 e. The van der Waals surface area contributed by atoms with Crippen LogP contribution >= 0.6 is 0 Å². The average Bonchev–Trinajstić information content (AvgIpc) is 2.32. The highest BCUT2D eigenvalue weighted by Crippen LogP contribution is 2.22. The number of methoxy groups -OCH3 is 1. The minimum atomic E-state index is -2.22. The van der Waals surface area contributed by atoms with Crippen LogP contribution < -0.4 is 0 Å². The van der Waals surface area contributed by atoms with Crippen LogP contribution in [-0.2, 0) is 27.2 Å². The zero-order valence-electron chi connectivity index (χ0n) is 10.4. The van der Waals surface area contributed by atoms with Crippen molar-refractivity contribution in [3.8, 4) is 6.07 Å². The van der Waals surface area contributed by atoms with Gasteiger partial charge in [0.1, 0.15) is 12.9 Å². The fourth-order valence-electron chi connectivity index (χ4n) is 1.56. The van der Waals surface area contributed by atoms with Gasteiger partial charge in [-0.3, -0.25) is 0 Å². The van der Waals surface area contributed by atoms with Crippen molar-refractivity contribution in [1.29, 1.82) is 5.26 Å². The van der Waals surface area contributed by atoms with E-state index in [2.05, 4.69) is 4.98 Å². The van der Waals surface area contributed by atoms with Crippen molar-refractivity contribution >= 4 is 11.1 Å². The zero-order valence-corrected chi connectivity index (χ0v) is 11.2. The third kappa shape index (κ3) is 3.11. The number of pyridine rings is 1. The van der Waals surface area contributed by atoms with E-state index in [0.29, 0.717) is 22.4 Å². The number of ether oxygens (including phenoxy) is 2. The van der Waals surface area contributed by atoms with E-state index >= 15 is 0 Å². The van der Waals surface area contributed by atoms with Crippen LogP contribution in [0.4, 0.5) is 0 Å². The van der Waals surface area contributed by atoms with Gasteiger partial charge in [-0.2, -0.15) is 5.26 Å². The van der Waals surface area contributed by atoms with Gasteiger partial charge in [0, 0.05) is 12.7 Å². The molecule has 0 aromatic carbocycles. The van der Waals surface area contributed by atoms with Gasteiger partial charge in [-0.05, 0) is 19.4 Å². The molecule has 1 unspecified atom stereocenters. The Bertz CT molecular complexity index is 511. The van der Waals surface area contributed by atoms with E-state index in [-0.39, 0.29) is 18.4 Å². The highest BCUT2D eigenvalue weighted by molar-refractivity contribution is 7.79. The molecule has 0 aliphatic heterocycles. The van der Waals surface area contributed by atoms with Gasteiger partial charge in [0.25, 0.3) is 0 Å². The van der Waals surface area contributed by atoms with Gasteiger partial charge in [0.2, 0.25) is 11.1 Å². The van der Waals surface area contributed by atoms with Crippen molar-refractivity contribution in [1.82, 2.24) is 4.98 Å². The molecule has 6 nitrogen and oxygen atoms in total. The average molecular weight is 270 g/mol. The first-order valence-electron chi connectivity index (χ1n) is 5.10. The first-order chi connectivity index (χ1) is 8.52. The van der Waals surface area contributed by atoms with Crippen molar-refractivity contribution in [3.05, 3.63) is 22.4 Å². The summed E-state index contributed by atoms with van der Waals surface area (Å²) in [4.78, 5) is 3.99. The second-order valence-corrected chi connectivity index (χ2v) is 4.48. The fraction of sp³-hybridized carbons (Fsp3) is 0.455. The highest BCUT2D eigenvalue weighted by atomic mass is 32.2. The Labute approximate surface area is 108 Å². The molecule has 0 saturated carbocycles. The van der Waals surface area contributed by atoms with Crippen molar-refractivity contribution in [2.24, 2.45) is 0 Å². The topological polar surface area (TPSA) is 92.4 Å². The number of rotatable bonds is 5. The highest BCUT2D eigenvalue weighted by Gasteiger charge is 2.18. The molecule has 1 aromatic heterocycles. The van der Waals surface area contributed by atoms with Gasteiger partial charge in [-0.1, -0.05) is 0 Å². The maximum atomic E-state index is 11.2. The molecule has 1 N–H and O–H groups in total. The van der Waals surface area contributed by atoms with Crippen LogP contribution in [0.2, 0.25) is 0 Å². The van der Waals surface area contributed by atoms with Crippen LogP contribution in [0.3, 0.4) is 0 Å². The SMILES string of the molecule is COCOCc1c(S(=O)O)nc(C)c(C#N)c1C. The van der Waals surface area contributed by atoms with Gasteiger partial charge in [0.15, 0.2) is 5.03 Å². The summed E-state index contributed by atoms with van der Waals surface area (Å²) >= 11 is -2.22. The van der Waals surface area contributed by atoms with Crippen LogP contribution in [0.25, 0.3) is 0 Å². The van der Waals surface area contributed by atoms with E-state index in [4.69, 9.17) is 14.7 Å². The third-order valence-corrected chi connectivity index (χ3v) is 3.11. The molecule has 0 amide bonds. The number of aromatic nitrogens is 1. The van der Waals surface area contributed by atoms with Gasteiger partial charge < -0.3 is 14.0 Å². The normalized spacial score (nSPS) is 12.2. The van der Waals surface area contributed by atoms with Gasteiger partial charge in [-0.15, -0.1) is 0 Å². The number of nitriles is 1. The van der Waals surface area contributed by atoms with Crippen LogP contribution in [0.5, 0.6) is 0 Å². The summed E-state index contributed by atoms with van der Waals surface area (Å²) in [6.07, 6.45) is 0. The molecule has 1 atom stereocenters. The molecule has 0 radical (unpaired) electrons. The quantitative estimate of drug-likeness (QED) is 0.492. The Kier molecular flexibility index (Phi) is 5.37. The molecule has 0 spiro atoms. The van der Waals surface area contributed by atoms with E-state index in [9.17, 15) is 8.76 Å². The van der Waals surface area contributed by atoms with Crippen molar-refractivity contribution in [3.63, 3.8) is 0 Å². The molecule has 0 saturated heterocycles. The molecular weight excluding hydrogens is 256 g/mol. The number of aryl methyl sites for hydroxylation is 1. The molecule has 0 aliphatic carbocycles. The Balaban J connectivity index is 3.27. The van der Waals surface area contributed by atoms with Gasteiger partial charge in [-0.25, -0.2) is 9.19 Å². The molecule has 18 heavy (non-hydrogen) atoms. The molecule has 1 rings (SSSR count). The predicted molar refractivity (Wildman–Crippen MR) is 64.1 cm³/mol. The summed E-state index contributed by atoms with van der Waals surface area (Å²) in [5.74, 6) is 0. The summed E-state index contributed by atoms with van der Waals surface area (Å²) in [7, 11) is 1.48. The Morgan fingerprint density at radius 2 is 2.17 bits per heavy atom. The first-order valence-corrected chi connectivity index (χ1v) is 6.21. The van der Waals surface area contributed by atoms with Crippen molar-refractivity contribution < 1.29 is 18.2 Å². The van der Waals surface area contributed by atoms with E-state index < -0.39 is 11.1 Å². The Morgan fingerprint density at radius 1 is 1.50 bits per heavy atom. The smallest absolute Gasteiger partial charge is 0.206 e. The van der Waals surface area contributed by atoms with E-state index in [0.717, 1.165) is 0 Å². The van der Waals surface area contributed by atoms with E-state index in [1.165, 1.54) is 7.11 Å². The molecule has 0 fully saturated rings. The molecule has 7 heteroatoms. The summed E-state index contributed by atoms with van der Waals surface area (Å²) in [6, 6.07) is 2.03. The Morgan fingerprint density at radius 3 is 2.67 bits per heavy atom. The molecule has 1 heterocycles. The van der Waals surface area contributed by atoms with Gasteiger partial charge >= 0.3 is 0 Å². The van der Waals surface area contributed by atoms with Crippen molar-refractivity contribution in [2.75, 3.05) is 13.9 Å². The molecule has 98 valence electrons. The summed E-state index contributed by atoms with van der Waals surface area (Å²) in [5.41, 5.74) is 1.90. The zero-order chi connectivity index (χ0) is 13.7. The fourth-order valence-corrected chi connectivity index (χ4v) is 2.20. The number of nitrogens with zero attached hydrogens (tertiary/aromatic N) is 2. The maximum absolute atomic E-state index is 11.2. The second-order valence-electron chi connectivity index (χ2n) is 3.60. The lowest BCUT2D eigenvalue weighted by atomic mass is 10.0. The lowest BCUT2D eigenvalue weighted by molar-refractivity contribution is -0.0400. The van der Waals surface area contributed by atoms with Crippen LogP contribution in [0.15, 0.2) is 5.03 Å². The third-order valence-electron chi connectivity index (χ3n) is 2.44. The first kappa shape index (κ1) is 14.7. The Hall–Kier alpha value is -1.33.